The van der Waals surface area contributed by atoms with Crippen LogP contribution in [0.25, 0.3) is 0 Å². The van der Waals surface area contributed by atoms with Crippen molar-refractivity contribution in [3.8, 4) is 0 Å². The Balaban J connectivity index is 2.87. The highest BCUT2D eigenvalue weighted by Gasteiger charge is 2.13. The largest absolute Gasteiger partial charge is 0.383 e. The summed E-state index contributed by atoms with van der Waals surface area (Å²) in [6.45, 7) is 4.15. The number of halogens is 1. The van der Waals surface area contributed by atoms with Gasteiger partial charge in [-0.1, -0.05) is 6.07 Å². The fraction of sp³-hybridized carbons (Fsp3) is 0.571. The summed E-state index contributed by atoms with van der Waals surface area (Å²) in [6.07, 6.45) is 0. The summed E-state index contributed by atoms with van der Waals surface area (Å²) in [7, 11) is 3.26. The molecule has 1 aromatic carbocycles. The van der Waals surface area contributed by atoms with E-state index in [1.807, 2.05) is 17.9 Å². The molecule has 1 aromatic rings. The topological polar surface area (TPSA) is 47.7 Å². The number of nitrogens with two attached hydrogens (primary N) is 1. The van der Waals surface area contributed by atoms with Crippen LogP contribution >= 0.6 is 0 Å². The highest BCUT2D eigenvalue weighted by molar-refractivity contribution is 5.49. The van der Waals surface area contributed by atoms with Crippen molar-refractivity contribution >= 4 is 5.69 Å². The molecule has 0 saturated carbocycles. The average molecular weight is 270 g/mol. The minimum absolute atomic E-state index is 0.171. The SMILES string of the molecule is COCCN(CCOC)c1ccc(C(C)N)cc1F. The lowest BCUT2D eigenvalue weighted by molar-refractivity contribution is 0.190. The van der Waals surface area contributed by atoms with Crippen molar-refractivity contribution in [1.29, 1.82) is 0 Å². The zero-order valence-electron chi connectivity index (χ0n) is 11.9. The van der Waals surface area contributed by atoms with Crippen LogP contribution in [-0.4, -0.2) is 40.5 Å². The summed E-state index contributed by atoms with van der Waals surface area (Å²) in [5.74, 6) is -0.262. The van der Waals surface area contributed by atoms with Gasteiger partial charge in [-0.3, -0.25) is 0 Å². The van der Waals surface area contributed by atoms with Crippen molar-refractivity contribution in [1.82, 2.24) is 0 Å². The number of rotatable bonds is 8. The number of nitrogens with zero attached hydrogens (tertiary/aromatic N) is 1. The number of ether oxygens (including phenoxy) is 2. The van der Waals surface area contributed by atoms with Gasteiger partial charge in [0.1, 0.15) is 5.82 Å². The van der Waals surface area contributed by atoms with Crippen LogP contribution in [0.3, 0.4) is 0 Å². The molecule has 1 rings (SSSR count). The summed E-state index contributed by atoms with van der Waals surface area (Å²) in [6, 6.07) is 4.94. The predicted molar refractivity (Wildman–Crippen MR) is 75.0 cm³/mol. The third-order valence-corrected chi connectivity index (χ3v) is 2.97. The molecule has 2 N–H and O–H groups in total. The van der Waals surface area contributed by atoms with Crippen LogP contribution < -0.4 is 10.6 Å². The molecule has 19 heavy (non-hydrogen) atoms. The van der Waals surface area contributed by atoms with Gasteiger partial charge in [0.2, 0.25) is 0 Å². The predicted octanol–water partition coefficient (Wildman–Crippen LogP) is 1.94. The van der Waals surface area contributed by atoms with E-state index in [9.17, 15) is 4.39 Å². The molecule has 4 nitrogen and oxygen atoms in total. The molecule has 0 radical (unpaired) electrons. The number of methoxy groups -OCH3 is 2. The van der Waals surface area contributed by atoms with Gasteiger partial charge in [0, 0.05) is 33.4 Å². The number of hydrogen-bond acceptors (Lipinski definition) is 4. The second-order valence-corrected chi connectivity index (χ2v) is 4.47. The Morgan fingerprint density at radius 2 is 1.79 bits per heavy atom. The average Bonchev–Trinajstić information content (AvgIpc) is 2.39. The molecule has 0 aliphatic carbocycles. The van der Waals surface area contributed by atoms with E-state index in [4.69, 9.17) is 15.2 Å². The van der Waals surface area contributed by atoms with Crippen LogP contribution in [0.1, 0.15) is 18.5 Å². The first-order valence-corrected chi connectivity index (χ1v) is 6.38. The number of hydrogen-bond donors (Lipinski definition) is 1. The Bertz CT molecular complexity index is 378. The quantitative estimate of drug-likeness (QED) is 0.784. The van der Waals surface area contributed by atoms with Crippen molar-refractivity contribution in [3.05, 3.63) is 29.6 Å². The highest BCUT2D eigenvalue weighted by atomic mass is 19.1. The Kier molecular flexibility index (Phi) is 6.77. The fourth-order valence-electron chi connectivity index (χ4n) is 1.82. The Hall–Kier alpha value is -1.17. The summed E-state index contributed by atoms with van der Waals surface area (Å²) >= 11 is 0. The monoisotopic (exact) mass is 270 g/mol. The Morgan fingerprint density at radius 1 is 1.21 bits per heavy atom. The molecule has 108 valence electrons. The van der Waals surface area contributed by atoms with E-state index in [0.29, 0.717) is 32.0 Å². The van der Waals surface area contributed by atoms with E-state index in [2.05, 4.69) is 0 Å². The maximum absolute atomic E-state index is 14.1. The van der Waals surface area contributed by atoms with Gasteiger partial charge in [0.05, 0.1) is 18.9 Å². The molecule has 0 heterocycles. The summed E-state index contributed by atoms with van der Waals surface area (Å²) in [4.78, 5) is 1.91. The van der Waals surface area contributed by atoms with Crippen molar-refractivity contribution in [2.75, 3.05) is 45.4 Å². The lowest BCUT2D eigenvalue weighted by Gasteiger charge is -2.25. The second-order valence-electron chi connectivity index (χ2n) is 4.47. The lowest BCUT2D eigenvalue weighted by Crippen LogP contribution is -2.31. The molecule has 1 unspecified atom stereocenters. The van der Waals surface area contributed by atoms with E-state index in [1.54, 1.807) is 20.3 Å². The molecule has 0 amide bonds. The Morgan fingerprint density at radius 3 is 2.21 bits per heavy atom. The molecule has 0 saturated heterocycles. The first kappa shape index (κ1) is 15.9. The first-order valence-electron chi connectivity index (χ1n) is 6.38. The van der Waals surface area contributed by atoms with Gasteiger partial charge in [0.15, 0.2) is 0 Å². The molecule has 0 aliphatic heterocycles. The van der Waals surface area contributed by atoms with E-state index in [-0.39, 0.29) is 11.9 Å². The van der Waals surface area contributed by atoms with Gasteiger partial charge in [0.25, 0.3) is 0 Å². The number of anilines is 1. The highest BCUT2D eigenvalue weighted by Crippen LogP contribution is 2.22. The van der Waals surface area contributed by atoms with Crippen LogP contribution in [0.2, 0.25) is 0 Å². The van der Waals surface area contributed by atoms with Crippen LogP contribution in [0.4, 0.5) is 10.1 Å². The van der Waals surface area contributed by atoms with Crippen LogP contribution in [0, 0.1) is 5.82 Å². The maximum atomic E-state index is 14.1. The van der Waals surface area contributed by atoms with Crippen molar-refractivity contribution < 1.29 is 13.9 Å². The molecule has 0 aromatic heterocycles. The molecule has 0 fully saturated rings. The molecule has 5 heteroatoms. The minimum Gasteiger partial charge on any atom is -0.383 e. The van der Waals surface area contributed by atoms with Gasteiger partial charge in [-0.2, -0.15) is 0 Å². The summed E-state index contributed by atoms with van der Waals surface area (Å²) in [5, 5.41) is 0. The van der Waals surface area contributed by atoms with Gasteiger partial charge in [-0.15, -0.1) is 0 Å². The van der Waals surface area contributed by atoms with Crippen molar-refractivity contribution in [3.63, 3.8) is 0 Å². The second kappa shape index (κ2) is 8.09. The summed E-state index contributed by atoms with van der Waals surface area (Å²) < 4.78 is 24.2. The lowest BCUT2D eigenvalue weighted by atomic mass is 10.1. The van der Waals surface area contributed by atoms with Crippen LogP contribution in [0.15, 0.2) is 18.2 Å². The van der Waals surface area contributed by atoms with Crippen LogP contribution in [0.5, 0.6) is 0 Å². The van der Waals surface area contributed by atoms with E-state index >= 15 is 0 Å². The van der Waals surface area contributed by atoms with Gasteiger partial charge in [-0.05, 0) is 24.6 Å². The zero-order valence-corrected chi connectivity index (χ0v) is 11.9. The molecule has 0 spiro atoms. The third kappa shape index (κ3) is 4.78. The zero-order chi connectivity index (χ0) is 14.3. The van der Waals surface area contributed by atoms with Gasteiger partial charge in [-0.25, -0.2) is 4.39 Å². The van der Waals surface area contributed by atoms with Crippen molar-refractivity contribution in [2.45, 2.75) is 13.0 Å². The number of benzene rings is 1. The smallest absolute Gasteiger partial charge is 0.146 e. The van der Waals surface area contributed by atoms with Crippen LogP contribution in [-0.2, 0) is 9.47 Å². The standard InChI is InChI=1S/C14H23FN2O2/c1-11(16)12-4-5-14(13(15)10-12)17(6-8-18-2)7-9-19-3/h4-5,10-11H,6-9,16H2,1-3H3. The Labute approximate surface area is 114 Å². The van der Waals surface area contributed by atoms with Crippen molar-refractivity contribution in [2.24, 2.45) is 5.73 Å². The minimum atomic E-state index is -0.262. The summed E-state index contributed by atoms with van der Waals surface area (Å²) in [5.41, 5.74) is 7.09. The van der Waals surface area contributed by atoms with E-state index in [0.717, 1.165) is 5.56 Å². The molecule has 0 aliphatic rings. The molecule has 0 bridgehead atoms. The molecule has 1 atom stereocenters. The normalized spacial score (nSPS) is 12.5. The first-order chi connectivity index (χ1) is 9.10. The third-order valence-electron chi connectivity index (χ3n) is 2.97. The van der Waals surface area contributed by atoms with E-state index in [1.165, 1.54) is 6.07 Å². The van der Waals surface area contributed by atoms with E-state index < -0.39 is 0 Å². The maximum Gasteiger partial charge on any atom is 0.146 e. The van der Waals surface area contributed by atoms with Gasteiger partial charge < -0.3 is 20.1 Å². The molecular weight excluding hydrogens is 247 g/mol. The molecular formula is C14H23FN2O2. The fourth-order valence-corrected chi connectivity index (χ4v) is 1.82. The van der Waals surface area contributed by atoms with Gasteiger partial charge >= 0.3 is 0 Å².